The smallest absolute Gasteiger partial charge is 0.277 e. The van der Waals surface area contributed by atoms with Crippen molar-refractivity contribution in [3.05, 3.63) is 59.4 Å². The number of hydrogen-bond donors (Lipinski definition) is 1. The summed E-state index contributed by atoms with van der Waals surface area (Å²) in [5.74, 6) is 0.689. The van der Waals surface area contributed by atoms with Gasteiger partial charge in [0.15, 0.2) is 6.61 Å². The van der Waals surface area contributed by atoms with Gasteiger partial charge in [0.2, 0.25) is 5.91 Å². The number of anilines is 2. The highest BCUT2D eigenvalue weighted by Gasteiger charge is 2.19. The molecule has 1 atom stereocenters. The summed E-state index contributed by atoms with van der Waals surface area (Å²) in [6.45, 7) is 5.08. The highest BCUT2D eigenvalue weighted by atomic mass is 35.5. The number of ether oxygens (including phenoxy) is 2. The fraction of sp³-hybridized carbons (Fsp3) is 0.318. The largest absolute Gasteiger partial charge is 0.482 e. The Labute approximate surface area is 195 Å². The van der Waals surface area contributed by atoms with Crippen LogP contribution in [-0.4, -0.2) is 47.7 Å². The molecule has 168 valence electrons. The first-order valence-corrected chi connectivity index (χ1v) is 11.4. The van der Waals surface area contributed by atoms with Gasteiger partial charge in [-0.3, -0.25) is 4.79 Å². The van der Waals surface area contributed by atoms with E-state index in [-0.39, 0.29) is 12.5 Å². The maximum atomic E-state index is 12.6. The first-order chi connectivity index (χ1) is 15.6. The van der Waals surface area contributed by atoms with E-state index in [0.29, 0.717) is 21.9 Å². The molecule has 0 unspecified atom stereocenters. The monoisotopic (exact) mass is 474 g/mol. The molecular weight excluding hydrogens is 452 g/mol. The third kappa shape index (κ3) is 5.93. The van der Waals surface area contributed by atoms with Gasteiger partial charge < -0.3 is 24.1 Å². The van der Waals surface area contributed by atoms with Crippen LogP contribution in [0.15, 0.2) is 58.2 Å². The first kappa shape index (κ1) is 22.4. The van der Waals surface area contributed by atoms with Crippen LogP contribution in [0.25, 0.3) is 0 Å². The quantitative estimate of drug-likeness (QED) is 0.484. The number of halogens is 1. The molecule has 1 fully saturated rings. The van der Waals surface area contributed by atoms with Crippen LogP contribution < -0.4 is 15.0 Å². The van der Waals surface area contributed by atoms with Gasteiger partial charge in [-0.25, -0.2) is 0 Å². The molecule has 1 aliphatic rings. The van der Waals surface area contributed by atoms with Crippen LogP contribution in [-0.2, 0) is 16.1 Å². The molecule has 0 radical (unpaired) electrons. The summed E-state index contributed by atoms with van der Waals surface area (Å²) in [6, 6.07) is 14.9. The maximum Gasteiger partial charge on any atom is 0.277 e. The van der Waals surface area contributed by atoms with Crippen molar-refractivity contribution < 1.29 is 18.7 Å². The Kier molecular flexibility index (Phi) is 7.51. The molecule has 1 aromatic heterocycles. The van der Waals surface area contributed by atoms with E-state index in [9.17, 15) is 4.79 Å². The standard InChI is InChI=1S/C22H23ClN4O4S/c1-15(21(28)24-16-6-8-17(9-7-16)27-10-12-29-13-11-27)32-22-26-25-20(31-22)14-30-19-5-3-2-4-18(19)23/h2-9,15H,10-14H2,1H3,(H,24,28)/t15-/m1/s1. The number of para-hydroxylation sites is 1. The number of nitrogens with one attached hydrogen (secondary N) is 1. The Morgan fingerprint density at radius 3 is 2.69 bits per heavy atom. The molecule has 1 N–H and O–H groups in total. The summed E-state index contributed by atoms with van der Waals surface area (Å²) < 4.78 is 16.6. The molecule has 0 bridgehead atoms. The van der Waals surface area contributed by atoms with Gasteiger partial charge in [-0.2, -0.15) is 0 Å². The average Bonchev–Trinajstić information content (AvgIpc) is 3.27. The minimum Gasteiger partial charge on any atom is -0.482 e. The van der Waals surface area contributed by atoms with Crippen LogP contribution >= 0.6 is 23.4 Å². The number of aromatic nitrogens is 2. The molecule has 3 aromatic rings. The maximum absolute atomic E-state index is 12.6. The molecule has 2 heterocycles. The Balaban J connectivity index is 1.27. The Morgan fingerprint density at radius 2 is 1.94 bits per heavy atom. The lowest BCUT2D eigenvalue weighted by atomic mass is 10.2. The van der Waals surface area contributed by atoms with Crippen LogP contribution in [0.5, 0.6) is 5.75 Å². The summed E-state index contributed by atoms with van der Waals surface area (Å²) in [7, 11) is 0. The summed E-state index contributed by atoms with van der Waals surface area (Å²) >= 11 is 7.25. The topological polar surface area (TPSA) is 89.7 Å². The highest BCUT2D eigenvalue weighted by Crippen LogP contribution is 2.26. The van der Waals surface area contributed by atoms with E-state index in [2.05, 4.69) is 20.4 Å². The number of carbonyl (C=O) groups excluding carboxylic acids is 1. The summed E-state index contributed by atoms with van der Waals surface area (Å²) in [4.78, 5) is 14.8. The molecule has 2 aromatic carbocycles. The predicted octanol–water partition coefficient (Wildman–Crippen LogP) is 4.26. The molecule has 1 aliphatic heterocycles. The SMILES string of the molecule is C[C@@H](Sc1nnc(COc2ccccc2Cl)o1)C(=O)Nc1ccc(N2CCOCC2)cc1. The lowest BCUT2D eigenvalue weighted by molar-refractivity contribution is -0.115. The Hall–Kier alpha value is -2.75. The number of nitrogens with zero attached hydrogens (tertiary/aromatic N) is 3. The second-order valence-electron chi connectivity index (χ2n) is 7.08. The lowest BCUT2D eigenvalue weighted by Crippen LogP contribution is -2.36. The molecular formula is C22H23ClN4O4S. The Bertz CT molecular complexity index is 1040. The first-order valence-electron chi connectivity index (χ1n) is 10.2. The lowest BCUT2D eigenvalue weighted by Gasteiger charge is -2.28. The van der Waals surface area contributed by atoms with E-state index in [1.165, 1.54) is 11.8 Å². The molecule has 0 saturated carbocycles. The van der Waals surface area contributed by atoms with Crippen molar-refractivity contribution >= 4 is 40.6 Å². The zero-order valence-electron chi connectivity index (χ0n) is 17.5. The normalized spacial score (nSPS) is 14.8. The number of rotatable bonds is 8. The van der Waals surface area contributed by atoms with E-state index in [0.717, 1.165) is 37.7 Å². The molecule has 4 rings (SSSR count). The van der Waals surface area contributed by atoms with Crippen molar-refractivity contribution in [1.29, 1.82) is 0 Å². The zero-order valence-corrected chi connectivity index (χ0v) is 19.1. The second-order valence-corrected chi connectivity index (χ2v) is 8.78. The molecule has 32 heavy (non-hydrogen) atoms. The van der Waals surface area contributed by atoms with Gasteiger partial charge in [0, 0.05) is 24.5 Å². The fourth-order valence-electron chi connectivity index (χ4n) is 3.07. The minimum atomic E-state index is -0.424. The number of morpholine rings is 1. The van der Waals surface area contributed by atoms with E-state index < -0.39 is 5.25 Å². The minimum absolute atomic E-state index is 0.0906. The van der Waals surface area contributed by atoms with Crippen molar-refractivity contribution in [1.82, 2.24) is 10.2 Å². The van der Waals surface area contributed by atoms with Crippen molar-refractivity contribution in [2.45, 2.75) is 24.0 Å². The van der Waals surface area contributed by atoms with Crippen LogP contribution in [0.3, 0.4) is 0 Å². The van der Waals surface area contributed by atoms with Crippen molar-refractivity contribution in [2.24, 2.45) is 0 Å². The number of thioether (sulfide) groups is 1. The van der Waals surface area contributed by atoms with Gasteiger partial charge in [-0.1, -0.05) is 35.5 Å². The van der Waals surface area contributed by atoms with Crippen molar-refractivity contribution in [2.75, 3.05) is 36.5 Å². The van der Waals surface area contributed by atoms with Gasteiger partial charge in [0.05, 0.1) is 23.5 Å². The second kappa shape index (κ2) is 10.7. The third-order valence-corrected chi connectivity index (χ3v) is 6.04. The van der Waals surface area contributed by atoms with E-state index in [1.54, 1.807) is 19.1 Å². The van der Waals surface area contributed by atoms with Crippen molar-refractivity contribution in [3.8, 4) is 5.75 Å². The number of carbonyl (C=O) groups is 1. The molecule has 0 aliphatic carbocycles. The fourth-order valence-corrected chi connectivity index (χ4v) is 3.96. The number of benzene rings is 2. The summed E-state index contributed by atoms with van der Waals surface area (Å²) in [5, 5.41) is 11.2. The number of hydrogen-bond acceptors (Lipinski definition) is 8. The average molecular weight is 475 g/mol. The Morgan fingerprint density at radius 1 is 1.19 bits per heavy atom. The molecule has 10 heteroatoms. The van der Waals surface area contributed by atoms with Crippen LogP contribution in [0.2, 0.25) is 5.02 Å². The van der Waals surface area contributed by atoms with Crippen LogP contribution in [0.4, 0.5) is 11.4 Å². The van der Waals surface area contributed by atoms with Crippen molar-refractivity contribution in [3.63, 3.8) is 0 Å². The van der Waals surface area contributed by atoms with Gasteiger partial charge in [-0.05, 0) is 43.3 Å². The predicted molar refractivity (Wildman–Crippen MR) is 124 cm³/mol. The third-order valence-electron chi connectivity index (χ3n) is 4.79. The molecule has 1 saturated heterocycles. The molecule has 8 nitrogen and oxygen atoms in total. The summed E-state index contributed by atoms with van der Waals surface area (Å²) in [5.41, 5.74) is 1.85. The molecule has 1 amide bonds. The number of amides is 1. The van der Waals surface area contributed by atoms with Gasteiger partial charge in [0.25, 0.3) is 11.1 Å². The van der Waals surface area contributed by atoms with Gasteiger partial charge in [0.1, 0.15) is 5.75 Å². The van der Waals surface area contributed by atoms with Crippen LogP contribution in [0, 0.1) is 0 Å². The zero-order chi connectivity index (χ0) is 22.3. The summed E-state index contributed by atoms with van der Waals surface area (Å²) in [6.07, 6.45) is 0. The van der Waals surface area contributed by atoms with Crippen LogP contribution in [0.1, 0.15) is 12.8 Å². The van der Waals surface area contributed by atoms with E-state index in [1.807, 2.05) is 36.4 Å². The van der Waals surface area contributed by atoms with Gasteiger partial charge >= 0.3 is 0 Å². The van der Waals surface area contributed by atoms with Gasteiger partial charge in [-0.15, -0.1) is 10.2 Å². The molecule has 0 spiro atoms. The van der Waals surface area contributed by atoms with E-state index >= 15 is 0 Å². The van der Waals surface area contributed by atoms with E-state index in [4.69, 9.17) is 25.5 Å². The highest BCUT2D eigenvalue weighted by molar-refractivity contribution is 8.00.